The van der Waals surface area contributed by atoms with Crippen LogP contribution in [0.15, 0.2) is 16.9 Å². The molecule has 0 aliphatic carbocycles. The number of hydrogen-bond acceptors (Lipinski definition) is 4. The smallest absolute Gasteiger partial charge is 0.223 e. The minimum absolute atomic E-state index is 0.0306. The second-order valence-corrected chi connectivity index (χ2v) is 5.69. The van der Waals surface area contributed by atoms with Gasteiger partial charge in [-0.15, -0.1) is 0 Å². The number of nitrogens with zero attached hydrogens (tertiary/aromatic N) is 3. The van der Waals surface area contributed by atoms with E-state index in [2.05, 4.69) is 17.0 Å². The van der Waals surface area contributed by atoms with Gasteiger partial charge in [-0.25, -0.2) is 0 Å². The summed E-state index contributed by atoms with van der Waals surface area (Å²) in [4.78, 5) is 16.6. The van der Waals surface area contributed by atoms with Crippen LogP contribution in [0.1, 0.15) is 44.8 Å². The lowest BCUT2D eigenvalue weighted by Gasteiger charge is -2.32. The third-order valence-corrected chi connectivity index (χ3v) is 4.48. The van der Waals surface area contributed by atoms with E-state index in [4.69, 9.17) is 4.52 Å². The van der Waals surface area contributed by atoms with Crippen LogP contribution in [-0.4, -0.2) is 47.5 Å². The van der Waals surface area contributed by atoms with Gasteiger partial charge in [-0.1, -0.05) is 12.1 Å². The van der Waals surface area contributed by atoms with Crippen LogP contribution in [0.2, 0.25) is 0 Å². The van der Waals surface area contributed by atoms with Crippen LogP contribution >= 0.6 is 0 Å². The van der Waals surface area contributed by atoms with Gasteiger partial charge in [-0.2, -0.15) is 0 Å². The molecule has 112 valence electrons. The van der Waals surface area contributed by atoms with Crippen molar-refractivity contribution in [3.8, 4) is 0 Å². The molecule has 20 heavy (non-hydrogen) atoms. The first-order valence-electron chi connectivity index (χ1n) is 7.50. The van der Waals surface area contributed by atoms with E-state index in [1.165, 1.54) is 0 Å². The topological polar surface area (TPSA) is 49.6 Å². The van der Waals surface area contributed by atoms with Gasteiger partial charge in [0, 0.05) is 19.5 Å². The van der Waals surface area contributed by atoms with Gasteiger partial charge in [0.05, 0.1) is 6.04 Å². The Morgan fingerprint density at radius 2 is 2.25 bits per heavy atom. The van der Waals surface area contributed by atoms with Gasteiger partial charge in [-0.05, 0) is 45.3 Å². The standard InChI is InChI=1S/C15H25N3O2/c1-4-18-8-5-13(6-9-18)11-15(19)17(3)12(2)14-7-10-20-16-14/h7,10,12-13H,4-6,8-9,11H2,1-3H3/t12-/m1/s1. The van der Waals surface area contributed by atoms with E-state index in [1.54, 1.807) is 11.2 Å². The highest BCUT2D eigenvalue weighted by Gasteiger charge is 2.25. The van der Waals surface area contributed by atoms with Crippen molar-refractivity contribution in [3.63, 3.8) is 0 Å². The Morgan fingerprint density at radius 1 is 1.55 bits per heavy atom. The highest BCUT2D eigenvalue weighted by molar-refractivity contribution is 5.76. The zero-order valence-corrected chi connectivity index (χ0v) is 12.7. The van der Waals surface area contributed by atoms with Crippen molar-refractivity contribution < 1.29 is 9.32 Å². The van der Waals surface area contributed by atoms with E-state index in [0.717, 1.165) is 38.2 Å². The monoisotopic (exact) mass is 279 g/mol. The summed E-state index contributed by atoms with van der Waals surface area (Å²) in [5, 5.41) is 3.91. The molecule has 0 saturated carbocycles. The summed E-state index contributed by atoms with van der Waals surface area (Å²) >= 11 is 0. The average molecular weight is 279 g/mol. The molecule has 0 bridgehead atoms. The molecule has 1 aliphatic rings. The number of piperidine rings is 1. The van der Waals surface area contributed by atoms with E-state index >= 15 is 0 Å². The Balaban J connectivity index is 1.82. The van der Waals surface area contributed by atoms with Gasteiger partial charge in [0.25, 0.3) is 0 Å². The molecule has 2 heterocycles. The summed E-state index contributed by atoms with van der Waals surface area (Å²) < 4.78 is 4.85. The van der Waals surface area contributed by atoms with Crippen molar-refractivity contribution in [1.29, 1.82) is 0 Å². The molecule has 1 saturated heterocycles. The summed E-state index contributed by atoms with van der Waals surface area (Å²) in [6, 6.07) is 1.78. The normalized spacial score (nSPS) is 18.9. The molecule has 5 nitrogen and oxygen atoms in total. The van der Waals surface area contributed by atoms with Crippen molar-refractivity contribution in [2.24, 2.45) is 5.92 Å². The first-order valence-corrected chi connectivity index (χ1v) is 7.50. The molecular weight excluding hydrogens is 254 g/mol. The summed E-state index contributed by atoms with van der Waals surface area (Å²) in [6.45, 7) is 7.53. The first kappa shape index (κ1) is 15.0. The van der Waals surface area contributed by atoms with Crippen molar-refractivity contribution in [1.82, 2.24) is 15.0 Å². The number of carbonyl (C=O) groups is 1. The molecule has 0 spiro atoms. The van der Waals surface area contributed by atoms with Gasteiger partial charge in [0.2, 0.25) is 5.91 Å². The van der Waals surface area contributed by atoms with Crippen molar-refractivity contribution >= 4 is 5.91 Å². The summed E-state index contributed by atoms with van der Waals surface area (Å²) in [5.74, 6) is 0.729. The molecule has 0 unspecified atom stereocenters. The molecule has 1 aromatic heterocycles. The highest BCUT2D eigenvalue weighted by atomic mass is 16.5. The number of aromatic nitrogens is 1. The minimum atomic E-state index is -0.0306. The Bertz CT molecular complexity index is 411. The molecule has 5 heteroatoms. The van der Waals surface area contributed by atoms with Gasteiger partial charge in [0.1, 0.15) is 12.0 Å². The van der Waals surface area contributed by atoms with Crippen molar-refractivity contribution in [2.75, 3.05) is 26.7 Å². The molecule has 1 amide bonds. The Morgan fingerprint density at radius 3 is 2.80 bits per heavy atom. The van der Waals surface area contributed by atoms with Crippen molar-refractivity contribution in [3.05, 3.63) is 18.0 Å². The fourth-order valence-electron chi connectivity index (χ4n) is 2.75. The summed E-state index contributed by atoms with van der Waals surface area (Å²) in [7, 11) is 1.85. The van der Waals surface area contributed by atoms with Crippen molar-refractivity contribution in [2.45, 2.75) is 39.2 Å². The predicted octanol–water partition coefficient (Wildman–Crippen LogP) is 2.32. The average Bonchev–Trinajstić information content (AvgIpc) is 3.00. The zero-order valence-electron chi connectivity index (χ0n) is 12.7. The maximum atomic E-state index is 12.4. The lowest BCUT2D eigenvalue weighted by Crippen LogP contribution is -2.36. The van der Waals surface area contributed by atoms with Gasteiger partial charge in [0.15, 0.2) is 0 Å². The molecule has 1 fully saturated rings. The minimum Gasteiger partial charge on any atom is -0.364 e. The largest absolute Gasteiger partial charge is 0.364 e. The Hall–Kier alpha value is -1.36. The number of amides is 1. The predicted molar refractivity (Wildman–Crippen MR) is 77.1 cm³/mol. The van der Waals surface area contributed by atoms with E-state index in [9.17, 15) is 4.79 Å². The lowest BCUT2D eigenvalue weighted by molar-refractivity contribution is -0.133. The van der Waals surface area contributed by atoms with Crippen LogP contribution < -0.4 is 0 Å². The number of likely N-dealkylation sites (tertiary alicyclic amines) is 1. The fraction of sp³-hybridized carbons (Fsp3) is 0.733. The zero-order chi connectivity index (χ0) is 14.5. The molecular formula is C15H25N3O2. The second kappa shape index (κ2) is 6.88. The van der Waals surface area contributed by atoms with E-state index in [-0.39, 0.29) is 11.9 Å². The van der Waals surface area contributed by atoms with Gasteiger partial charge < -0.3 is 14.3 Å². The van der Waals surface area contributed by atoms with E-state index in [1.807, 2.05) is 20.0 Å². The third kappa shape index (κ3) is 3.60. The van der Waals surface area contributed by atoms with Crippen LogP contribution in [0, 0.1) is 5.92 Å². The van der Waals surface area contributed by atoms with Gasteiger partial charge >= 0.3 is 0 Å². The molecule has 1 aromatic rings. The van der Waals surface area contributed by atoms with Crippen LogP contribution in [0.25, 0.3) is 0 Å². The van der Waals surface area contributed by atoms with Gasteiger partial charge in [-0.3, -0.25) is 4.79 Å². The molecule has 2 rings (SSSR count). The Labute approximate surface area is 120 Å². The van der Waals surface area contributed by atoms with E-state index < -0.39 is 0 Å². The second-order valence-electron chi connectivity index (χ2n) is 5.69. The SMILES string of the molecule is CCN1CCC(CC(=O)N(C)[C@H](C)c2ccon2)CC1. The number of carbonyl (C=O) groups excluding carboxylic acids is 1. The maximum Gasteiger partial charge on any atom is 0.223 e. The Kier molecular flexibility index (Phi) is 5.17. The molecule has 0 radical (unpaired) electrons. The molecule has 0 N–H and O–H groups in total. The van der Waals surface area contributed by atoms with E-state index in [0.29, 0.717) is 12.3 Å². The molecule has 1 atom stereocenters. The number of rotatable bonds is 5. The lowest BCUT2D eigenvalue weighted by atomic mass is 9.93. The molecule has 0 aromatic carbocycles. The summed E-state index contributed by atoms with van der Waals surface area (Å²) in [6.07, 6.45) is 4.46. The third-order valence-electron chi connectivity index (χ3n) is 4.48. The summed E-state index contributed by atoms with van der Waals surface area (Å²) in [5.41, 5.74) is 0.807. The quantitative estimate of drug-likeness (QED) is 0.830. The number of hydrogen-bond donors (Lipinski definition) is 0. The van der Waals surface area contributed by atoms with Crippen LogP contribution in [0.3, 0.4) is 0 Å². The highest BCUT2D eigenvalue weighted by Crippen LogP contribution is 2.23. The van der Waals surface area contributed by atoms with Crippen LogP contribution in [0.5, 0.6) is 0 Å². The molecule has 1 aliphatic heterocycles. The van der Waals surface area contributed by atoms with Crippen LogP contribution in [-0.2, 0) is 4.79 Å². The first-order chi connectivity index (χ1) is 9.61. The van der Waals surface area contributed by atoms with Crippen LogP contribution in [0.4, 0.5) is 0 Å². The fourth-order valence-corrected chi connectivity index (χ4v) is 2.75. The maximum absolute atomic E-state index is 12.4.